The lowest BCUT2D eigenvalue weighted by molar-refractivity contribution is -0.116. The molecule has 2 heterocycles. The van der Waals surface area contributed by atoms with E-state index in [-0.39, 0.29) is 5.91 Å². The zero-order valence-corrected chi connectivity index (χ0v) is 13.1. The molecule has 6 nitrogen and oxygen atoms in total. The SMILES string of the molecule is O=C(CC1CCCN1)Nc1ccccc1OCCn1ccnc1. The highest BCUT2D eigenvalue weighted by molar-refractivity contribution is 5.92. The van der Waals surface area contributed by atoms with Gasteiger partial charge in [0.1, 0.15) is 12.4 Å². The standard InChI is InChI=1S/C17H22N4O2/c22-17(12-14-4-3-7-19-14)20-15-5-1-2-6-16(15)23-11-10-21-9-8-18-13-21/h1-2,5-6,8-9,13-14,19H,3-4,7,10-12H2,(H,20,22). The molecule has 1 unspecified atom stereocenters. The molecule has 1 amide bonds. The largest absolute Gasteiger partial charge is 0.490 e. The van der Waals surface area contributed by atoms with Gasteiger partial charge in [0.05, 0.1) is 18.6 Å². The molecule has 0 saturated carbocycles. The fraction of sp³-hybridized carbons (Fsp3) is 0.412. The molecule has 0 aliphatic carbocycles. The van der Waals surface area contributed by atoms with Gasteiger partial charge in [-0.25, -0.2) is 4.98 Å². The normalized spacial score (nSPS) is 17.1. The van der Waals surface area contributed by atoms with Crippen LogP contribution in [0, 0.1) is 0 Å². The number of nitrogens with one attached hydrogen (secondary N) is 2. The lowest BCUT2D eigenvalue weighted by Gasteiger charge is -2.14. The van der Waals surface area contributed by atoms with Gasteiger partial charge in [-0.05, 0) is 31.5 Å². The highest BCUT2D eigenvalue weighted by Gasteiger charge is 2.18. The molecule has 0 spiro atoms. The molecule has 122 valence electrons. The summed E-state index contributed by atoms with van der Waals surface area (Å²) in [4.78, 5) is 16.2. The summed E-state index contributed by atoms with van der Waals surface area (Å²) in [5.41, 5.74) is 0.723. The average Bonchev–Trinajstić information content (AvgIpc) is 3.22. The van der Waals surface area contributed by atoms with Crippen LogP contribution in [0.1, 0.15) is 19.3 Å². The van der Waals surface area contributed by atoms with E-state index in [2.05, 4.69) is 15.6 Å². The predicted octanol–water partition coefficient (Wildman–Crippen LogP) is 2.04. The number of nitrogens with zero attached hydrogens (tertiary/aromatic N) is 2. The number of benzene rings is 1. The number of anilines is 1. The van der Waals surface area contributed by atoms with Gasteiger partial charge in [-0.2, -0.15) is 0 Å². The third-order valence-electron chi connectivity index (χ3n) is 3.92. The summed E-state index contributed by atoms with van der Waals surface area (Å²) in [5, 5.41) is 6.30. The van der Waals surface area contributed by atoms with Crippen molar-refractivity contribution in [3.05, 3.63) is 43.0 Å². The first-order valence-electron chi connectivity index (χ1n) is 8.02. The minimum atomic E-state index is 0.0232. The molecule has 1 atom stereocenters. The van der Waals surface area contributed by atoms with Crippen molar-refractivity contribution in [2.75, 3.05) is 18.5 Å². The number of aromatic nitrogens is 2. The molecule has 1 aromatic carbocycles. The number of ether oxygens (including phenoxy) is 1. The Morgan fingerprint density at radius 1 is 1.43 bits per heavy atom. The molecular formula is C17H22N4O2. The summed E-state index contributed by atoms with van der Waals surface area (Å²) in [6, 6.07) is 7.83. The van der Waals surface area contributed by atoms with Gasteiger partial charge in [0.2, 0.25) is 5.91 Å². The predicted molar refractivity (Wildman–Crippen MR) is 88.4 cm³/mol. The van der Waals surface area contributed by atoms with E-state index in [1.165, 1.54) is 0 Å². The van der Waals surface area contributed by atoms with Crippen LogP contribution in [0.5, 0.6) is 5.75 Å². The quantitative estimate of drug-likeness (QED) is 0.821. The topological polar surface area (TPSA) is 68.2 Å². The van der Waals surface area contributed by atoms with Crippen LogP contribution in [0.15, 0.2) is 43.0 Å². The Labute approximate surface area is 135 Å². The van der Waals surface area contributed by atoms with Crippen molar-refractivity contribution in [3.8, 4) is 5.75 Å². The summed E-state index contributed by atoms with van der Waals surface area (Å²) < 4.78 is 7.75. The maximum Gasteiger partial charge on any atom is 0.226 e. The van der Waals surface area contributed by atoms with Crippen molar-refractivity contribution in [2.24, 2.45) is 0 Å². The van der Waals surface area contributed by atoms with E-state index >= 15 is 0 Å². The van der Waals surface area contributed by atoms with E-state index in [1.54, 1.807) is 12.5 Å². The average molecular weight is 314 g/mol. The Kier molecular flexibility index (Phi) is 5.26. The first kappa shape index (κ1) is 15.6. The highest BCUT2D eigenvalue weighted by Crippen LogP contribution is 2.24. The molecule has 1 aliphatic heterocycles. The number of hydrogen-bond acceptors (Lipinski definition) is 4. The van der Waals surface area contributed by atoms with E-state index in [4.69, 9.17) is 4.74 Å². The Balaban J connectivity index is 1.53. The van der Waals surface area contributed by atoms with Gasteiger partial charge in [-0.1, -0.05) is 12.1 Å². The van der Waals surface area contributed by atoms with Crippen molar-refractivity contribution in [2.45, 2.75) is 31.8 Å². The maximum absolute atomic E-state index is 12.2. The minimum Gasteiger partial charge on any atom is -0.490 e. The van der Waals surface area contributed by atoms with E-state index < -0.39 is 0 Å². The third-order valence-corrected chi connectivity index (χ3v) is 3.92. The molecule has 6 heteroatoms. The van der Waals surface area contributed by atoms with Crippen molar-refractivity contribution in [3.63, 3.8) is 0 Å². The van der Waals surface area contributed by atoms with Gasteiger partial charge in [-0.15, -0.1) is 0 Å². The summed E-state index contributed by atoms with van der Waals surface area (Å²) in [6.07, 6.45) is 8.11. The van der Waals surface area contributed by atoms with Crippen LogP contribution in [0.4, 0.5) is 5.69 Å². The molecule has 0 bridgehead atoms. The summed E-state index contributed by atoms with van der Waals surface area (Å²) in [5.74, 6) is 0.718. The Morgan fingerprint density at radius 2 is 2.35 bits per heavy atom. The van der Waals surface area contributed by atoms with Gasteiger partial charge in [0.25, 0.3) is 0 Å². The fourth-order valence-corrected chi connectivity index (χ4v) is 2.73. The van der Waals surface area contributed by atoms with Crippen molar-refractivity contribution in [1.29, 1.82) is 0 Å². The molecule has 1 aliphatic rings. The van der Waals surface area contributed by atoms with Crippen molar-refractivity contribution in [1.82, 2.24) is 14.9 Å². The number of rotatable bonds is 7. The Hall–Kier alpha value is -2.34. The second-order valence-electron chi connectivity index (χ2n) is 5.69. The molecule has 3 rings (SSSR count). The molecule has 23 heavy (non-hydrogen) atoms. The number of carbonyl (C=O) groups is 1. The van der Waals surface area contributed by atoms with Crippen molar-refractivity contribution < 1.29 is 9.53 Å². The number of imidazole rings is 1. The molecular weight excluding hydrogens is 292 g/mol. The van der Waals surface area contributed by atoms with Crippen molar-refractivity contribution >= 4 is 11.6 Å². The fourth-order valence-electron chi connectivity index (χ4n) is 2.73. The van der Waals surface area contributed by atoms with Gasteiger partial charge < -0.3 is 19.9 Å². The lowest BCUT2D eigenvalue weighted by atomic mass is 10.1. The van der Waals surface area contributed by atoms with E-state index in [1.807, 2.05) is 35.0 Å². The first-order valence-corrected chi connectivity index (χ1v) is 8.02. The maximum atomic E-state index is 12.2. The second kappa shape index (κ2) is 7.78. The Morgan fingerprint density at radius 3 is 3.13 bits per heavy atom. The smallest absolute Gasteiger partial charge is 0.226 e. The summed E-state index contributed by atoms with van der Waals surface area (Å²) in [6.45, 7) is 2.24. The van der Waals surface area contributed by atoms with Crippen LogP contribution in [-0.2, 0) is 11.3 Å². The Bertz CT molecular complexity index is 621. The second-order valence-corrected chi connectivity index (χ2v) is 5.69. The summed E-state index contributed by atoms with van der Waals surface area (Å²) in [7, 11) is 0. The zero-order valence-electron chi connectivity index (χ0n) is 13.1. The van der Waals surface area contributed by atoms with Crippen LogP contribution in [0.3, 0.4) is 0 Å². The molecule has 0 radical (unpaired) electrons. The number of carbonyl (C=O) groups excluding carboxylic acids is 1. The molecule has 1 fully saturated rings. The monoisotopic (exact) mass is 314 g/mol. The molecule has 2 N–H and O–H groups in total. The summed E-state index contributed by atoms with van der Waals surface area (Å²) >= 11 is 0. The number of hydrogen-bond donors (Lipinski definition) is 2. The van der Waals surface area contributed by atoms with Crippen LogP contribution >= 0.6 is 0 Å². The van der Waals surface area contributed by atoms with Gasteiger partial charge in [-0.3, -0.25) is 4.79 Å². The number of amides is 1. The van der Waals surface area contributed by atoms with Gasteiger partial charge in [0, 0.05) is 24.9 Å². The van der Waals surface area contributed by atoms with Crippen LogP contribution in [0.25, 0.3) is 0 Å². The third kappa shape index (κ3) is 4.56. The van der Waals surface area contributed by atoms with Gasteiger partial charge >= 0.3 is 0 Å². The lowest BCUT2D eigenvalue weighted by Crippen LogP contribution is -2.27. The van der Waals surface area contributed by atoms with E-state index in [0.29, 0.717) is 31.4 Å². The molecule has 1 aromatic heterocycles. The van der Waals surface area contributed by atoms with Crippen LogP contribution in [-0.4, -0.2) is 34.7 Å². The van der Waals surface area contributed by atoms with Crippen LogP contribution < -0.4 is 15.4 Å². The minimum absolute atomic E-state index is 0.0232. The molecule has 2 aromatic rings. The first-order chi connectivity index (χ1) is 11.3. The zero-order chi connectivity index (χ0) is 15.9. The number of para-hydroxylation sites is 2. The highest BCUT2D eigenvalue weighted by atomic mass is 16.5. The van der Waals surface area contributed by atoms with E-state index in [9.17, 15) is 4.79 Å². The van der Waals surface area contributed by atoms with Crippen LogP contribution in [0.2, 0.25) is 0 Å². The van der Waals surface area contributed by atoms with Gasteiger partial charge in [0.15, 0.2) is 0 Å². The van der Waals surface area contributed by atoms with E-state index in [0.717, 1.165) is 25.1 Å². The molecule has 1 saturated heterocycles.